The highest BCUT2D eigenvalue weighted by Gasteiger charge is 2.13. The van der Waals surface area contributed by atoms with Crippen LogP contribution in [0.15, 0.2) is 24.8 Å². The molecule has 0 rings (SSSR count). The molecular formula is C11H16O3. The van der Waals surface area contributed by atoms with Crippen LogP contribution in [0.5, 0.6) is 0 Å². The van der Waals surface area contributed by atoms with Gasteiger partial charge in [0.15, 0.2) is 5.78 Å². The lowest BCUT2D eigenvalue weighted by Crippen LogP contribution is -2.20. The topological polar surface area (TPSA) is 54.4 Å². The molecule has 0 saturated carbocycles. The average Bonchev–Trinajstić information content (AvgIpc) is 2.12. The Morgan fingerprint density at radius 3 is 2.64 bits per heavy atom. The van der Waals surface area contributed by atoms with Gasteiger partial charge < -0.3 is 5.11 Å². The smallest absolute Gasteiger partial charge is 0.158 e. The predicted molar refractivity (Wildman–Crippen MR) is 54.9 cm³/mol. The second-order valence-electron chi connectivity index (χ2n) is 3.07. The van der Waals surface area contributed by atoms with E-state index in [0.717, 1.165) is 0 Å². The monoisotopic (exact) mass is 196 g/mol. The minimum absolute atomic E-state index is 0.0722. The third-order valence-corrected chi connectivity index (χ3v) is 1.75. The number of rotatable bonds is 7. The zero-order valence-corrected chi connectivity index (χ0v) is 8.40. The molecule has 0 bridgehead atoms. The molecule has 0 aliphatic rings. The lowest BCUT2D eigenvalue weighted by Gasteiger charge is -2.03. The van der Waals surface area contributed by atoms with Crippen LogP contribution in [0.4, 0.5) is 0 Å². The van der Waals surface area contributed by atoms with Crippen LogP contribution >= 0.6 is 0 Å². The maximum absolute atomic E-state index is 11.1. The van der Waals surface area contributed by atoms with Gasteiger partial charge in [0.2, 0.25) is 0 Å². The summed E-state index contributed by atoms with van der Waals surface area (Å²) in [5.74, 6) is -0.457. The Bertz CT molecular complexity index is 241. The van der Waals surface area contributed by atoms with E-state index in [1.807, 2.05) is 6.08 Å². The zero-order chi connectivity index (χ0) is 11.0. The summed E-state index contributed by atoms with van der Waals surface area (Å²) in [7, 11) is 0. The highest BCUT2D eigenvalue weighted by Crippen LogP contribution is 2.01. The lowest BCUT2D eigenvalue weighted by atomic mass is 10.1. The second kappa shape index (κ2) is 7.21. The first-order valence-corrected chi connectivity index (χ1v) is 4.55. The number of Topliss-reactive ketones (excluding diaryl/α,β-unsaturated/α-hetero) is 2. The molecule has 0 aromatic carbocycles. The van der Waals surface area contributed by atoms with E-state index >= 15 is 0 Å². The highest BCUT2D eigenvalue weighted by atomic mass is 16.3. The summed E-state index contributed by atoms with van der Waals surface area (Å²) in [4.78, 5) is 21.8. The minimum Gasteiger partial charge on any atom is -0.385 e. The molecule has 0 aromatic rings. The highest BCUT2D eigenvalue weighted by molar-refractivity contribution is 5.88. The number of hydrogen-bond acceptors (Lipinski definition) is 3. The van der Waals surface area contributed by atoms with Crippen LogP contribution in [0.1, 0.15) is 26.2 Å². The Hall–Kier alpha value is -1.22. The first kappa shape index (κ1) is 12.8. The summed E-state index contributed by atoms with van der Waals surface area (Å²) < 4.78 is 0. The fourth-order valence-electron chi connectivity index (χ4n) is 0.898. The van der Waals surface area contributed by atoms with Crippen molar-refractivity contribution in [2.45, 2.75) is 32.3 Å². The quantitative estimate of drug-likeness (QED) is 0.626. The average molecular weight is 196 g/mol. The molecule has 0 spiro atoms. The van der Waals surface area contributed by atoms with Crippen molar-refractivity contribution in [2.24, 2.45) is 0 Å². The van der Waals surface area contributed by atoms with Gasteiger partial charge in [-0.15, -0.1) is 0 Å². The van der Waals surface area contributed by atoms with E-state index in [1.165, 1.54) is 6.92 Å². The van der Waals surface area contributed by atoms with Crippen molar-refractivity contribution in [3.8, 4) is 0 Å². The molecule has 1 atom stereocenters. The molecule has 1 N–H and O–H groups in total. The van der Waals surface area contributed by atoms with Crippen molar-refractivity contribution in [3.63, 3.8) is 0 Å². The van der Waals surface area contributed by atoms with E-state index in [4.69, 9.17) is 5.11 Å². The van der Waals surface area contributed by atoms with E-state index in [0.29, 0.717) is 12.8 Å². The molecule has 1 unspecified atom stereocenters. The molecule has 0 saturated heterocycles. The van der Waals surface area contributed by atoms with E-state index in [-0.39, 0.29) is 18.0 Å². The summed E-state index contributed by atoms with van der Waals surface area (Å²) >= 11 is 0. The molecule has 0 heterocycles. The SMILES string of the molecule is C=C/C=C/CCC(=O)CC(O)C(C)=O. The number of allylic oxidation sites excluding steroid dienone is 3. The number of aliphatic hydroxyl groups excluding tert-OH is 1. The molecule has 0 aliphatic carbocycles. The van der Waals surface area contributed by atoms with Crippen LogP contribution in [-0.2, 0) is 9.59 Å². The summed E-state index contributed by atoms with van der Waals surface area (Å²) in [6.07, 6.45) is 4.99. The van der Waals surface area contributed by atoms with Crippen molar-refractivity contribution in [2.75, 3.05) is 0 Å². The zero-order valence-electron chi connectivity index (χ0n) is 8.40. The first-order valence-electron chi connectivity index (χ1n) is 4.55. The van der Waals surface area contributed by atoms with E-state index in [2.05, 4.69) is 6.58 Å². The fourth-order valence-corrected chi connectivity index (χ4v) is 0.898. The first-order chi connectivity index (χ1) is 6.57. The van der Waals surface area contributed by atoms with Crippen molar-refractivity contribution in [3.05, 3.63) is 24.8 Å². The second-order valence-corrected chi connectivity index (χ2v) is 3.07. The largest absolute Gasteiger partial charge is 0.385 e. The number of hydrogen-bond donors (Lipinski definition) is 1. The fraction of sp³-hybridized carbons (Fsp3) is 0.455. The number of aliphatic hydroxyl groups is 1. The van der Waals surface area contributed by atoms with Gasteiger partial charge in [-0.3, -0.25) is 9.59 Å². The third kappa shape index (κ3) is 6.31. The van der Waals surface area contributed by atoms with Gasteiger partial charge in [-0.25, -0.2) is 0 Å². The van der Waals surface area contributed by atoms with E-state index in [1.54, 1.807) is 12.2 Å². The molecule has 0 radical (unpaired) electrons. The van der Waals surface area contributed by atoms with Gasteiger partial charge in [0, 0.05) is 12.8 Å². The summed E-state index contributed by atoms with van der Waals surface area (Å²) in [6.45, 7) is 4.77. The molecule has 0 amide bonds. The predicted octanol–water partition coefficient (Wildman–Crippen LogP) is 1.42. The van der Waals surface area contributed by atoms with Crippen molar-refractivity contribution in [1.29, 1.82) is 0 Å². The lowest BCUT2D eigenvalue weighted by molar-refractivity contribution is -0.130. The summed E-state index contributed by atoms with van der Waals surface area (Å²) in [5.41, 5.74) is 0. The number of carbonyl (C=O) groups is 2. The Kier molecular flexibility index (Phi) is 6.58. The molecule has 0 fully saturated rings. The molecule has 3 nitrogen and oxygen atoms in total. The van der Waals surface area contributed by atoms with Gasteiger partial charge in [0.05, 0.1) is 0 Å². The molecule has 3 heteroatoms. The van der Waals surface area contributed by atoms with Gasteiger partial charge >= 0.3 is 0 Å². The maximum Gasteiger partial charge on any atom is 0.158 e. The summed E-state index contributed by atoms with van der Waals surface area (Å²) in [6, 6.07) is 0. The van der Waals surface area contributed by atoms with Crippen molar-refractivity contribution >= 4 is 11.6 Å². The Balaban J connectivity index is 3.70. The van der Waals surface area contributed by atoms with Gasteiger partial charge in [-0.05, 0) is 13.3 Å². The van der Waals surface area contributed by atoms with Crippen molar-refractivity contribution < 1.29 is 14.7 Å². The Labute approximate surface area is 84.1 Å². The van der Waals surface area contributed by atoms with Crippen LogP contribution in [0.2, 0.25) is 0 Å². The Morgan fingerprint density at radius 2 is 2.14 bits per heavy atom. The standard InChI is InChI=1S/C11H16O3/c1-3-4-5-6-7-10(13)8-11(14)9(2)12/h3-5,11,14H,1,6-8H2,2H3/b5-4+. The number of carbonyl (C=O) groups excluding carboxylic acids is 2. The molecule has 14 heavy (non-hydrogen) atoms. The molecular weight excluding hydrogens is 180 g/mol. The minimum atomic E-state index is -1.13. The van der Waals surface area contributed by atoms with E-state index < -0.39 is 6.10 Å². The maximum atomic E-state index is 11.1. The normalized spacial score (nSPS) is 12.7. The van der Waals surface area contributed by atoms with Gasteiger partial charge in [-0.2, -0.15) is 0 Å². The van der Waals surface area contributed by atoms with E-state index in [9.17, 15) is 9.59 Å². The van der Waals surface area contributed by atoms with Gasteiger partial charge in [0.1, 0.15) is 11.9 Å². The Morgan fingerprint density at radius 1 is 1.50 bits per heavy atom. The third-order valence-electron chi connectivity index (χ3n) is 1.75. The molecule has 0 aromatic heterocycles. The van der Waals surface area contributed by atoms with Gasteiger partial charge in [0.25, 0.3) is 0 Å². The van der Waals surface area contributed by atoms with Crippen LogP contribution in [-0.4, -0.2) is 22.8 Å². The molecule has 78 valence electrons. The summed E-state index contributed by atoms with van der Waals surface area (Å²) in [5, 5.41) is 9.09. The van der Waals surface area contributed by atoms with Crippen LogP contribution in [0, 0.1) is 0 Å². The van der Waals surface area contributed by atoms with Crippen LogP contribution in [0.3, 0.4) is 0 Å². The molecule has 0 aliphatic heterocycles. The van der Waals surface area contributed by atoms with Gasteiger partial charge in [-0.1, -0.05) is 24.8 Å². The van der Waals surface area contributed by atoms with Crippen LogP contribution in [0.25, 0.3) is 0 Å². The number of ketones is 2. The van der Waals surface area contributed by atoms with Crippen LogP contribution < -0.4 is 0 Å². The van der Waals surface area contributed by atoms with Crippen molar-refractivity contribution in [1.82, 2.24) is 0 Å².